The van der Waals surface area contributed by atoms with Crippen LogP contribution >= 0.6 is 0 Å². The van der Waals surface area contributed by atoms with Crippen LogP contribution in [0.15, 0.2) is 60.7 Å². The highest BCUT2D eigenvalue weighted by Gasteiger charge is 2.48. The number of amides is 1. The highest BCUT2D eigenvalue weighted by atomic mass is 16.6. The van der Waals surface area contributed by atoms with Gasteiger partial charge in [-0.2, -0.15) is 0 Å². The summed E-state index contributed by atoms with van der Waals surface area (Å²) in [5.41, 5.74) is 0.647. The van der Waals surface area contributed by atoms with Gasteiger partial charge in [-0.25, -0.2) is 9.59 Å². The predicted octanol–water partition coefficient (Wildman–Crippen LogP) is 1.54. The van der Waals surface area contributed by atoms with Gasteiger partial charge < -0.3 is 24.3 Å². The second-order valence-electron chi connectivity index (χ2n) is 6.70. The number of hydrogen-bond donors (Lipinski definition) is 1. The van der Waals surface area contributed by atoms with Crippen molar-refractivity contribution in [1.29, 1.82) is 0 Å². The zero-order chi connectivity index (χ0) is 21.5. The van der Waals surface area contributed by atoms with Crippen molar-refractivity contribution in [2.45, 2.75) is 31.3 Å². The summed E-state index contributed by atoms with van der Waals surface area (Å²) < 4.78 is 16.4. The molecule has 1 saturated heterocycles. The molecule has 2 aromatic carbocycles. The topological polar surface area (TPSA) is 108 Å². The molecule has 0 unspecified atom stereocenters. The van der Waals surface area contributed by atoms with Crippen molar-refractivity contribution in [3.63, 3.8) is 0 Å². The van der Waals surface area contributed by atoms with Crippen molar-refractivity contribution in [2.24, 2.45) is 0 Å². The molecule has 1 amide bonds. The molecular formula is C22H21NO7. The third-order valence-electron chi connectivity index (χ3n) is 4.56. The Kier molecular flexibility index (Phi) is 6.92. The van der Waals surface area contributed by atoms with Gasteiger partial charge in [-0.15, -0.1) is 0 Å². The normalized spacial score (nSPS) is 22.7. The number of benzene rings is 2. The van der Waals surface area contributed by atoms with Crippen LogP contribution in [0.3, 0.4) is 0 Å². The molecule has 2 aromatic rings. The van der Waals surface area contributed by atoms with Crippen LogP contribution in [0.4, 0.5) is 0 Å². The number of nitrogens with one attached hydrogen (secondary N) is 1. The first-order valence-corrected chi connectivity index (χ1v) is 9.35. The summed E-state index contributed by atoms with van der Waals surface area (Å²) in [6.45, 7) is 1.06. The third-order valence-corrected chi connectivity index (χ3v) is 4.56. The van der Waals surface area contributed by atoms with Crippen molar-refractivity contribution in [2.75, 3.05) is 6.61 Å². The first-order valence-electron chi connectivity index (χ1n) is 9.35. The van der Waals surface area contributed by atoms with Crippen LogP contribution in [0.5, 0.6) is 0 Å². The number of esters is 2. The Labute approximate surface area is 173 Å². The van der Waals surface area contributed by atoms with Crippen molar-refractivity contribution in [3.8, 4) is 0 Å². The quantitative estimate of drug-likeness (QED) is 0.544. The Balaban J connectivity index is 1.73. The number of carbonyl (C=O) groups excluding carboxylic acids is 4. The van der Waals surface area contributed by atoms with Crippen LogP contribution in [0.2, 0.25) is 0 Å². The molecule has 1 heterocycles. The number of rotatable bonds is 7. The maximum atomic E-state index is 12.5. The van der Waals surface area contributed by atoms with E-state index in [-0.39, 0.29) is 6.61 Å². The molecule has 156 valence electrons. The second-order valence-corrected chi connectivity index (χ2v) is 6.70. The first-order chi connectivity index (χ1) is 14.5. The van der Waals surface area contributed by atoms with E-state index in [4.69, 9.17) is 14.2 Å². The van der Waals surface area contributed by atoms with Crippen LogP contribution in [-0.2, 0) is 23.8 Å². The van der Waals surface area contributed by atoms with Gasteiger partial charge in [-0.05, 0) is 24.3 Å². The van der Waals surface area contributed by atoms with E-state index in [0.29, 0.717) is 17.4 Å². The van der Waals surface area contributed by atoms with Crippen molar-refractivity contribution in [1.82, 2.24) is 5.32 Å². The van der Waals surface area contributed by atoms with E-state index >= 15 is 0 Å². The molecule has 0 spiro atoms. The Morgan fingerprint density at radius 2 is 1.53 bits per heavy atom. The van der Waals surface area contributed by atoms with Crippen molar-refractivity contribution < 1.29 is 33.4 Å². The zero-order valence-electron chi connectivity index (χ0n) is 16.2. The molecule has 1 aliphatic rings. The molecule has 0 bridgehead atoms. The third kappa shape index (κ3) is 5.09. The summed E-state index contributed by atoms with van der Waals surface area (Å²) in [6, 6.07) is 15.7. The van der Waals surface area contributed by atoms with E-state index in [2.05, 4.69) is 5.32 Å². The summed E-state index contributed by atoms with van der Waals surface area (Å²) in [6.07, 6.45) is -2.56. The van der Waals surface area contributed by atoms with Gasteiger partial charge in [-0.3, -0.25) is 4.79 Å². The number of hydrogen-bond acceptors (Lipinski definition) is 7. The fourth-order valence-electron chi connectivity index (χ4n) is 3.16. The van der Waals surface area contributed by atoms with E-state index in [9.17, 15) is 19.2 Å². The minimum atomic E-state index is -1.12. The van der Waals surface area contributed by atoms with Crippen molar-refractivity contribution >= 4 is 24.1 Å². The molecule has 1 fully saturated rings. The molecule has 8 heteroatoms. The average Bonchev–Trinajstić information content (AvgIpc) is 3.08. The van der Waals surface area contributed by atoms with Crippen LogP contribution in [0, 0.1) is 0 Å². The highest BCUT2D eigenvalue weighted by Crippen LogP contribution is 2.25. The monoisotopic (exact) mass is 411 g/mol. The minimum Gasteiger partial charge on any atom is -0.459 e. The molecule has 30 heavy (non-hydrogen) atoms. The largest absolute Gasteiger partial charge is 0.459 e. The summed E-state index contributed by atoms with van der Waals surface area (Å²) in [5.74, 6) is -1.64. The average molecular weight is 411 g/mol. The maximum Gasteiger partial charge on any atom is 0.338 e. The van der Waals surface area contributed by atoms with Gasteiger partial charge in [0, 0.05) is 6.92 Å². The number of ether oxygens (including phenoxy) is 3. The zero-order valence-corrected chi connectivity index (χ0v) is 16.2. The van der Waals surface area contributed by atoms with Gasteiger partial charge in [0.25, 0.3) is 0 Å². The van der Waals surface area contributed by atoms with E-state index < -0.39 is 42.2 Å². The lowest BCUT2D eigenvalue weighted by Crippen LogP contribution is -2.50. The van der Waals surface area contributed by atoms with Crippen LogP contribution in [0.25, 0.3) is 0 Å². The van der Waals surface area contributed by atoms with Gasteiger partial charge in [0.2, 0.25) is 5.91 Å². The smallest absolute Gasteiger partial charge is 0.338 e. The SMILES string of the molecule is CC(=O)N[C@@H]1[C@@H](OC(=O)c2ccccc2)[C@H](C=O)O[C@@H]1COC(=O)c1ccccc1. The highest BCUT2D eigenvalue weighted by molar-refractivity contribution is 5.90. The molecule has 0 radical (unpaired) electrons. The Morgan fingerprint density at radius 3 is 2.07 bits per heavy atom. The summed E-state index contributed by atoms with van der Waals surface area (Å²) in [4.78, 5) is 47.9. The van der Waals surface area contributed by atoms with E-state index in [1.807, 2.05) is 0 Å². The lowest BCUT2D eigenvalue weighted by Gasteiger charge is -2.24. The standard InChI is InChI=1S/C22H21NO7/c1-14(25)23-19-18(13-28-21(26)15-8-4-2-5-9-15)29-17(12-24)20(19)30-22(27)16-10-6-3-7-11-16/h2-12,17-20H,13H2,1H3,(H,23,25)/t17-,18+,19-,20-/m0/s1. The number of carbonyl (C=O) groups is 4. The molecule has 0 aromatic heterocycles. The summed E-state index contributed by atoms with van der Waals surface area (Å²) >= 11 is 0. The second kappa shape index (κ2) is 9.80. The van der Waals surface area contributed by atoms with Gasteiger partial charge >= 0.3 is 11.9 Å². The molecule has 1 N–H and O–H groups in total. The number of aldehydes is 1. The molecule has 1 aliphatic heterocycles. The van der Waals surface area contributed by atoms with E-state index in [1.165, 1.54) is 6.92 Å². The van der Waals surface area contributed by atoms with Crippen LogP contribution in [-0.4, -0.2) is 55.1 Å². The Morgan fingerprint density at radius 1 is 0.967 bits per heavy atom. The molecule has 0 saturated carbocycles. The van der Waals surface area contributed by atoms with Gasteiger partial charge in [0.1, 0.15) is 12.7 Å². The van der Waals surface area contributed by atoms with Crippen molar-refractivity contribution in [3.05, 3.63) is 71.8 Å². The Hall–Kier alpha value is -3.52. The molecule has 3 rings (SSSR count). The van der Waals surface area contributed by atoms with Crippen LogP contribution < -0.4 is 5.32 Å². The van der Waals surface area contributed by atoms with Crippen LogP contribution in [0.1, 0.15) is 27.6 Å². The minimum absolute atomic E-state index is 0.234. The Bertz CT molecular complexity index is 900. The molecular weight excluding hydrogens is 390 g/mol. The fraction of sp³-hybridized carbons (Fsp3) is 0.273. The molecule has 4 atom stereocenters. The van der Waals surface area contributed by atoms with Gasteiger partial charge in [-0.1, -0.05) is 36.4 Å². The lowest BCUT2D eigenvalue weighted by molar-refractivity contribution is -0.122. The van der Waals surface area contributed by atoms with E-state index in [0.717, 1.165) is 0 Å². The fourth-order valence-corrected chi connectivity index (χ4v) is 3.16. The lowest BCUT2D eigenvalue weighted by atomic mass is 10.0. The molecule has 8 nitrogen and oxygen atoms in total. The van der Waals surface area contributed by atoms with E-state index in [1.54, 1.807) is 60.7 Å². The maximum absolute atomic E-state index is 12.5. The van der Waals surface area contributed by atoms with Gasteiger partial charge in [0.05, 0.1) is 17.2 Å². The van der Waals surface area contributed by atoms with Gasteiger partial charge in [0.15, 0.2) is 18.5 Å². The summed E-state index contributed by atoms with van der Waals surface area (Å²) in [7, 11) is 0. The summed E-state index contributed by atoms with van der Waals surface area (Å²) in [5, 5.41) is 2.64. The first kappa shape index (κ1) is 21.2. The predicted molar refractivity (Wildman–Crippen MR) is 105 cm³/mol. The molecule has 0 aliphatic carbocycles.